The lowest BCUT2D eigenvalue weighted by Gasteiger charge is -2.11. The summed E-state index contributed by atoms with van der Waals surface area (Å²) in [6.45, 7) is 2.86. The number of amides is 3. The highest BCUT2D eigenvalue weighted by atomic mass is 35.5. The van der Waals surface area contributed by atoms with E-state index in [0.29, 0.717) is 6.42 Å². The monoisotopic (exact) mass is 406 g/mol. The van der Waals surface area contributed by atoms with Crippen LogP contribution in [0.4, 0.5) is 18.0 Å². The molecular weight excluding hydrogens is 389 g/mol. The summed E-state index contributed by atoms with van der Waals surface area (Å²) < 4.78 is 42.6. The van der Waals surface area contributed by atoms with E-state index in [2.05, 4.69) is 10.1 Å². The zero-order valence-corrected chi connectivity index (χ0v) is 15.3. The summed E-state index contributed by atoms with van der Waals surface area (Å²) in [6, 6.07) is 1.78. The summed E-state index contributed by atoms with van der Waals surface area (Å²) in [6.07, 6.45) is -2.03. The van der Waals surface area contributed by atoms with Crippen molar-refractivity contribution in [3.8, 4) is 0 Å². The summed E-state index contributed by atoms with van der Waals surface area (Å²) in [5.74, 6) is -1.84. The van der Waals surface area contributed by atoms with Crippen molar-refractivity contribution in [2.45, 2.75) is 32.5 Å². The van der Waals surface area contributed by atoms with Gasteiger partial charge < -0.3 is 10.1 Å². The fourth-order valence-corrected chi connectivity index (χ4v) is 1.90. The van der Waals surface area contributed by atoms with Crippen molar-refractivity contribution < 1.29 is 32.3 Å². The van der Waals surface area contributed by atoms with Crippen LogP contribution in [-0.4, -0.2) is 30.6 Å². The molecule has 0 saturated heterocycles. The third-order valence-electron chi connectivity index (χ3n) is 3.31. The predicted octanol–water partition coefficient (Wildman–Crippen LogP) is 3.54. The van der Waals surface area contributed by atoms with E-state index in [1.165, 1.54) is 0 Å². The summed E-state index contributed by atoms with van der Waals surface area (Å²) in [7, 11) is 0. The Hall–Kier alpha value is -2.55. The highest BCUT2D eigenvalue weighted by Crippen LogP contribution is 2.32. The van der Waals surface area contributed by atoms with Gasteiger partial charge in [0.15, 0.2) is 6.61 Å². The van der Waals surface area contributed by atoms with Crippen LogP contribution >= 0.6 is 11.6 Å². The number of urea groups is 1. The molecule has 148 valence electrons. The van der Waals surface area contributed by atoms with E-state index >= 15 is 0 Å². The second-order valence-corrected chi connectivity index (χ2v) is 5.91. The number of benzene rings is 1. The molecule has 0 fully saturated rings. The fourth-order valence-electron chi connectivity index (χ4n) is 1.72. The maximum atomic E-state index is 12.7. The number of esters is 1. The fraction of sp³-hybridized carbons (Fsp3) is 0.353. The van der Waals surface area contributed by atoms with Crippen LogP contribution in [0.25, 0.3) is 6.08 Å². The average Bonchev–Trinajstić information content (AvgIpc) is 2.57. The normalized spacial score (nSPS) is 12.5. The highest BCUT2D eigenvalue weighted by molar-refractivity contribution is 6.32. The van der Waals surface area contributed by atoms with E-state index in [1.54, 1.807) is 6.92 Å². The molecule has 0 unspecified atom stereocenters. The van der Waals surface area contributed by atoms with E-state index in [-0.39, 0.29) is 16.6 Å². The van der Waals surface area contributed by atoms with Crippen LogP contribution in [0.2, 0.25) is 5.02 Å². The number of imide groups is 1. The summed E-state index contributed by atoms with van der Waals surface area (Å²) in [4.78, 5) is 34.5. The van der Waals surface area contributed by atoms with Gasteiger partial charge in [0.2, 0.25) is 0 Å². The molecule has 0 aromatic heterocycles. The van der Waals surface area contributed by atoms with E-state index in [0.717, 1.165) is 30.4 Å². The molecule has 6 nitrogen and oxygen atoms in total. The lowest BCUT2D eigenvalue weighted by molar-refractivity contribution is -0.143. The van der Waals surface area contributed by atoms with Gasteiger partial charge in [-0.2, -0.15) is 13.2 Å². The topological polar surface area (TPSA) is 84.5 Å². The van der Waals surface area contributed by atoms with Gasteiger partial charge in [-0.25, -0.2) is 9.59 Å². The molecule has 27 heavy (non-hydrogen) atoms. The molecule has 1 atom stereocenters. The van der Waals surface area contributed by atoms with Gasteiger partial charge in [-0.15, -0.1) is 0 Å². The minimum absolute atomic E-state index is 0.00603. The maximum absolute atomic E-state index is 12.7. The number of alkyl halides is 3. The van der Waals surface area contributed by atoms with Crippen molar-refractivity contribution in [1.29, 1.82) is 0 Å². The van der Waals surface area contributed by atoms with Gasteiger partial charge in [0, 0.05) is 17.1 Å². The largest absolute Gasteiger partial charge is 0.452 e. The number of ether oxygens (including phenoxy) is 1. The molecule has 0 radical (unpaired) electrons. The van der Waals surface area contributed by atoms with Crippen molar-refractivity contribution in [2.24, 2.45) is 0 Å². The van der Waals surface area contributed by atoms with Gasteiger partial charge in [-0.1, -0.05) is 18.5 Å². The van der Waals surface area contributed by atoms with E-state index < -0.39 is 36.3 Å². The second-order valence-electron chi connectivity index (χ2n) is 5.51. The lowest BCUT2D eigenvalue weighted by Crippen LogP contribution is -2.44. The van der Waals surface area contributed by atoms with Crippen LogP contribution in [0.3, 0.4) is 0 Å². The Morgan fingerprint density at radius 2 is 1.96 bits per heavy atom. The zero-order chi connectivity index (χ0) is 20.6. The number of hydrogen-bond acceptors (Lipinski definition) is 4. The van der Waals surface area contributed by atoms with E-state index in [1.807, 2.05) is 12.2 Å². The molecule has 0 saturated carbocycles. The third kappa shape index (κ3) is 8.12. The molecule has 1 aromatic rings. The molecule has 0 heterocycles. The first-order chi connectivity index (χ1) is 12.5. The molecule has 10 heteroatoms. The van der Waals surface area contributed by atoms with Crippen molar-refractivity contribution in [1.82, 2.24) is 10.6 Å². The Morgan fingerprint density at radius 1 is 1.30 bits per heavy atom. The minimum Gasteiger partial charge on any atom is -0.452 e. The molecule has 0 aliphatic carbocycles. The molecular formula is C17H18ClF3N2O4. The standard InChI is InChI=1S/C17H18ClF3N2O4/c1-3-10(2)22-16(26)23-14(24)9-27-15(25)7-4-11-8-12(17(19,20)21)5-6-13(11)18/h4-8,10H,3,9H2,1-2H3,(H2,22,23,24,26)/b7-4+/t10-/m1/s1. The molecule has 1 aromatic carbocycles. The van der Waals surface area contributed by atoms with Gasteiger partial charge >= 0.3 is 18.2 Å². The average molecular weight is 407 g/mol. The Balaban J connectivity index is 2.57. The summed E-state index contributed by atoms with van der Waals surface area (Å²) >= 11 is 5.79. The van der Waals surface area contributed by atoms with Gasteiger partial charge in [0.25, 0.3) is 5.91 Å². The Labute approximate surface area is 158 Å². The zero-order valence-electron chi connectivity index (χ0n) is 14.5. The number of carbonyl (C=O) groups is 3. The van der Waals surface area contributed by atoms with E-state index in [9.17, 15) is 27.6 Å². The number of rotatable bonds is 6. The van der Waals surface area contributed by atoms with Crippen molar-refractivity contribution in [2.75, 3.05) is 6.61 Å². The number of hydrogen-bond donors (Lipinski definition) is 2. The first-order valence-electron chi connectivity index (χ1n) is 7.84. The van der Waals surface area contributed by atoms with Gasteiger partial charge in [0.1, 0.15) is 0 Å². The molecule has 0 bridgehead atoms. The highest BCUT2D eigenvalue weighted by Gasteiger charge is 2.30. The van der Waals surface area contributed by atoms with Gasteiger partial charge in [-0.3, -0.25) is 10.1 Å². The van der Waals surface area contributed by atoms with Crippen LogP contribution in [-0.2, 0) is 20.5 Å². The second kappa shape index (κ2) is 9.96. The van der Waals surface area contributed by atoms with Gasteiger partial charge in [-0.05, 0) is 43.2 Å². The number of halogens is 4. The number of carbonyl (C=O) groups excluding carboxylic acids is 3. The van der Waals surface area contributed by atoms with Crippen LogP contribution < -0.4 is 10.6 Å². The molecule has 2 N–H and O–H groups in total. The third-order valence-corrected chi connectivity index (χ3v) is 3.65. The molecule has 0 aliphatic rings. The molecule has 3 amide bonds. The predicted molar refractivity (Wildman–Crippen MR) is 92.9 cm³/mol. The lowest BCUT2D eigenvalue weighted by atomic mass is 10.1. The summed E-state index contributed by atoms with van der Waals surface area (Å²) in [5.41, 5.74) is -0.965. The smallest absolute Gasteiger partial charge is 0.416 e. The quantitative estimate of drug-likeness (QED) is 0.559. The van der Waals surface area contributed by atoms with Crippen molar-refractivity contribution >= 4 is 35.6 Å². The molecule has 0 aliphatic heterocycles. The first kappa shape index (κ1) is 22.5. The molecule has 0 spiro atoms. The summed E-state index contributed by atoms with van der Waals surface area (Å²) in [5, 5.41) is 4.46. The Morgan fingerprint density at radius 3 is 2.56 bits per heavy atom. The van der Waals surface area contributed by atoms with Crippen molar-refractivity contribution in [3.05, 3.63) is 40.4 Å². The van der Waals surface area contributed by atoms with Crippen molar-refractivity contribution in [3.63, 3.8) is 0 Å². The van der Waals surface area contributed by atoms with E-state index in [4.69, 9.17) is 11.6 Å². The van der Waals surface area contributed by atoms with Crippen LogP contribution in [0.15, 0.2) is 24.3 Å². The first-order valence-corrected chi connectivity index (χ1v) is 8.22. The minimum atomic E-state index is -4.55. The molecule has 1 rings (SSSR count). The van der Waals surface area contributed by atoms with Crippen LogP contribution in [0.1, 0.15) is 31.4 Å². The SMILES string of the molecule is CC[C@@H](C)NC(=O)NC(=O)COC(=O)/C=C/c1cc(C(F)(F)F)ccc1Cl. The van der Waals surface area contributed by atoms with Crippen LogP contribution in [0.5, 0.6) is 0 Å². The maximum Gasteiger partial charge on any atom is 0.416 e. The number of nitrogens with one attached hydrogen (secondary N) is 2. The Kier molecular flexibility index (Phi) is 8.30. The van der Waals surface area contributed by atoms with Crippen LogP contribution in [0, 0.1) is 0 Å². The van der Waals surface area contributed by atoms with Gasteiger partial charge in [0.05, 0.1) is 5.56 Å². The Bertz CT molecular complexity index is 735.